The first kappa shape index (κ1) is 13.5. The summed E-state index contributed by atoms with van der Waals surface area (Å²) in [5, 5.41) is 12.5. The van der Waals surface area contributed by atoms with Crippen molar-refractivity contribution in [3.63, 3.8) is 0 Å². The highest BCUT2D eigenvalue weighted by Gasteiger charge is 2.09. The van der Waals surface area contributed by atoms with Gasteiger partial charge in [-0.15, -0.1) is 24.1 Å². The molecule has 1 aromatic carbocycles. The van der Waals surface area contributed by atoms with Crippen LogP contribution >= 0.6 is 11.8 Å². The number of rotatable bonds is 5. The summed E-state index contributed by atoms with van der Waals surface area (Å²) in [7, 11) is 0. The van der Waals surface area contributed by atoms with Crippen LogP contribution in [0, 0.1) is 23.7 Å². The molecule has 0 amide bonds. The smallest absolute Gasteiger partial charge is 0.102 e. The highest BCUT2D eigenvalue weighted by molar-refractivity contribution is 7.99. The van der Waals surface area contributed by atoms with Crippen LogP contribution in [0.5, 0.6) is 0 Å². The molecule has 3 heteroatoms. The van der Waals surface area contributed by atoms with E-state index in [1.807, 2.05) is 25.1 Å². The van der Waals surface area contributed by atoms with Gasteiger partial charge in [0.05, 0.1) is 11.3 Å². The van der Waals surface area contributed by atoms with Crippen molar-refractivity contribution in [3.05, 3.63) is 23.8 Å². The van der Waals surface area contributed by atoms with Crippen molar-refractivity contribution in [1.29, 1.82) is 5.26 Å². The topological polar surface area (TPSA) is 35.8 Å². The van der Waals surface area contributed by atoms with E-state index < -0.39 is 0 Å². The monoisotopic (exact) mass is 244 g/mol. The normalized spacial score (nSPS) is 11.3. The lowest BCUT2D eigenvalue weighted by Gasteiger charge is -2.15. The lowest BCUT2D eigenvalue weighted by molar-refractivity contribution is 0.827. The first-order valence-electron chi connectivity index (χ1n) is 5.58. The first-order valence-corrected chi connectivity index (χ1v) is 6.57. The standard InChI is InChI=1S/C14H16N2S/c1-4-7-11(3)16-13-8-6-9-14(17-5-2)12(13)10-15/h1,6,8-9,11,16H,5,7H2,2-3H3. The second-order valence-corrected chi connectivity index (χ2v) is 4.98. The Morgan fingerprint density at radius 1 is 1.53 bits per heavy atom. The maximum atomic E-state index is 9.23. The number of nitriles is 1. The van der Waals surface area contributed by atoms with E-state index in [4.69, 9.17) is 6.42 Å². The second kappa shape index (κ2) is 6.89. The second-order valence-electron chi connectivity index (χ2n) is 3.68. The van der Waals surface area contributed by atoms with E-state index in [-0.39, 0.29) is 6.04 Å². The average Bonchev–Trinajstić information content (AvgIpc) is 2.30. The van der Waals surface area contributed by atoms with Crippen molar-refractivity contribution in [2.45, 2.75) is 31.2 Å². The molecule has 2 nitrogen and oxygen atoms in total. The molecule has 1 unspecified atom stereocenters. The zero-order chi connectivity index (χ0) is 12.7. The number of benzene rings is 1. The Balaban J connectivity index is 2.96. The molecule has 17 heavy (non-hydrogen) atoms. The van der Waals surface area contributed by atoms with E-state index in [2.05, 4.69) is 24.2 Å². The number of anilines is 1. The number of nitrogens with zero attached hydrogens (tertiary/aromatic N) is 1. The molecule has 0 aliphatic rings. The van der Waals surface area contributed by atoms with Crippen LogP contribution in [0.25, 0.3) is 0 Å². The van der Waals surface area contributed by atoms with Gasteiger partial charge in [0.1, 0.15) is 6.07 Å². The van der Waals surface area contributed by atoms with Crippen molar-refractivity contribution in [1.82, 2.24) is 0 Å². The molecule has 0 aliphatic heterocycles. The molecule has 0 aromatic heterocycles. The predicted molar refractivity (Wildman–Crippen MR) is 74.1 cm³/mol. The van der Waals surface area contributed by atoms with Crippen LogP contribution in [0.3, 0.4) is 0 Å². The van der Waals surface area contributed by atoms with Gasteiger partial charge >= 0.3 is 0 Å². The van der Waals surface area contributed by atoms with Gasteiger partial charge in [0.15, 0.2) is 0 Å². The highest BCUT2D eigenvalue weighted by Crippen LogP contribution is 2.28. The summed E-state index contributed by atoms with van der Waals surface area (Å²) in [6, 6.07) is 8.30. The third kappa shape index (κ3) is 3.73. The van der Waals surface area contributed by atoms with Gasteiger partial charge in [0.25, 0.3) is 0 Å². The summed E-state index contributed by atoms with van der Waals surface area (Å²) in [4.78, 5) is 1.02. The first-order chi connectivity index (χ1) is 8.22. The molecule has 0 radical (unpaired) electrons. The minimum Gasteiger partial charge on any atom is -0.381 e. The molecule has 1 atom stereocenters. The summed E-state index contributed by atoms with van der Waals surface area (Å²) in [5.74, 6) is 3.57. The number of thioether (sulfide) groups is 1. The number of hydrogen-bond donors (Lipinski definition) is 1. The number of nitrogens with one attached hydrogen (secondary N) is 1. The van der Waals surface area contributed by atoms with Gasteiger partial charge in [-0.3, -0.25) is 0 Å². The number of terminal acetylenes is 1. The van der Waals surface area contributed by atoms with Gasteiger partial charge in [0.2, 0.25) is 0 Å². The average molecular weight is 244 g/mol. The van der Waals surface area contributed by atoms with E-state index in [9.17, 15) is 5.26 Å². The van der Waals surface area contributed by atoms with Crippen molar-refractivity contribution >= 4 is 17.4 Å². The summed E-state index contributed by atoms with van der Waals surface area (Å²) in [6.07, 6.45) is 5.92. The van der Waals surface area contributed by atoms with Crippen molar-refractivity contribution in [2.75, 3.05) is 11.1 Å². The van der Waals surface area contributed by atoms with E-state index in [0.717, 1.165) is 16.3 Å². The molecule has 1 rings (SSSR count). The van der Waals surface area contributed by atoms with Gasteiger partial charge in [-0.2, -0.15) is 5.26 Å². The third-order valence-corrected chi connectivity index (χ3v) is 3.20. The molecular formula is C14H16N2S. The van der Waals surface area contributed by atoms with E-state index >= 15 is 0 Å². The Morgan fingerprint density at radius 3 is 2.88 bits per heavy atom. The quantitative estimate of drug-likeness (QED) is 0.636. The van der Waals surface area contributed by atoms with Gasteiger partial charge in [-0.25, -0.2) is 0 Å². The summed E-state index contributed by atoms with van der Waals surface area (Å²) < 4.78 is 0. The Kier molecular flexibility index (Phi) is 5.46. The zero-order valence-electron chi connectivity index (χ0n) is 10.2. The molecule has 0 aliphatic carbocycles. The predicted octanol–water partition coefficient (Wildman–Crippen LogP) is 3.49. The van der Waals surface area contributed by atoms with Crippen molar-refractivity contribution in [3.8, 4) is 18.4 Å². The van der Waals surface area contributed by atoms with Crippen LogP contribution < -0.4 is 5.32 Å². The van der Waals surface area contributed by atoms with Crippen LogP contribution in [-0.2, 0) is 0 Å². The summed E-state index contributed by atoms with van der Waals surface area (Å²) in [6.45, 7) is 4.09. The number of hydrogen-bond acceptors (Lipinski definition) is 3. The fraction of sp³-hybridized carbons (Fsp3) is 0.357. The summed E-state index contributed by atoms with van der Waals surface area (Å²) in [5.41, 5.74) is 1.58. The molecule has 1 aromatic rings. The highest BCUT2D eigenvalue weighted by atomic mass is 32.2. The minimum atomic E-state index is 0.175. The molecule has 0 saturated heterocycles. The van der Waals surface area contributed by atoms with E-state index in [0.29, 0.717) is 12.0 Å². The largest absolute Gasteiger partial charge is 0.381 e. The Labute approximate surface area is 107 Å². The Bertz CT molecular complexity index is 454. The molecule has 0 heterocycles. The zero-order valence-corrected chi connectivity index (χ0v) is 11.0. The van der Waals surface area contributed by atoms with Crippen molar-refractivity contribution in [2.24, 2.45) is 0 Å². The van der Waals surface area contributed by atoms with Crippen molar-refractivity contribution < 1.29 is 0 Å². The Hall–Kier alpha value is -1.58. The van der Waals surface area contributed by atoms with Crippen LogP contribution in [-0.4, -0.2) is 11.8 Å². The van der Waals surface area contributed by atoms with Crippen LogP contribution in [0.15, 0.2) is 23.1 Å². The molecule has 0 bridgehead atoms. The molecule has 0 fully saturated rings. The van der Waals surface area contributed by atoms with Gasteiger partial charge < -0.3 is 5.32 Å². The molecule has 1 N–H and O–H groups in total. The van der Waals surface area contributed by atoms with Gasteiger partial charge in [-0.05, 0) is 24.8 Å². The SMILES string of the molecule is C#CCC(C)Nc1cccc(SCC)c1C#N. The van der Waals surface area contributed by atoms with Crippen LogP contribution in [0.2, 0.25) is 0 Å². The lowest BCUT2D eigenvalue weighted by atomic mass is 10.1. The van der Waals surface area contributed by atoms with Crippen LogP contribution in [0.1, 0.15) is 25.8 Å². The lowest BCUT2D eigenvalue weighted by Crippen LogP contribution is -2.15. The van der Waals surface area contributed by atoms with Gasteiger partial charge in [0, 0.05) is 17.4 Å². The summed E-state index contributed by atoms with van der Waals surface area (Å²) >= 11 is 1.68. The maximum Gasteiger partial charge on any atom is 0.102 e. The molecular weight excluding hydrogens is 228 g/mol. The molecule has 0 spiro atoms. The third-order valence-electron chi connectivity index (χ3n) is 2.26. The minimum absolute atomic E-state index is 0.175. The fourth-order valence-electron chi connectivity index (χ4n) is 1.54. The molecule has 0 saturated carbocycles. The Morgan fingerprint density at radius 2 is 2.29 bits per heavy atom. The maximum absolute atomic E-state index is 9.23. The van der Waals surface area contributed by atoms with E-state index in [1.165, 1.54) is 0 Å². The van der Waals surface area contributed by atoms with Crippen LogP contribution in [0.4, 0.5) is 5.69 Å². The fourth-order valence-corrected chi connectivity index (χ4v) is 2.32. The van der Waals surface area contributed by atoms with Gasteiger partial charge in [-0.1, -0.05) is 13.0 Å². The molecule has 88 valence electrons. The van der Waals surface area contributed by atoms with E-state index in [1.54, 1.807) is 11.8 Å².